The van der Waals surface area contributed by atoms with Crippen molar-refractivity contribution in [3.63, 3.8) is 0 Å². The van der Waals surface area contributed by atoms with Crippen molar-refractivity contribution in [1.82, 2.24) is 15.1 Å². The number of nitrogens with zero attached hydrogens (tertiary/aromatic N) is 2. The first-order valence-electron chi connectivity index (χ1n) is 12.4. The summed E-state index contributed by atoms with van der Waals surface area (Å²) in [5.74, 6) is -1.50. The van der Waals surface area contributed by atoms with E-state index in [-0.39, 0.29) is 44.4 Å². The number of hydrogen-bond donors (Lipinski definition) is 1. The van der Waals surface area contributed by atoms with Crippen LogP contribution in [0.5, 0.6) is 5.75 Å². The van der Waals surface area contributed by atoms with Gasteiger partial charge in [-0.05, 0) is 40.4 Å². The summed E-state index contributed by atoms with van der Waals surface area (Å²) in [4.78, 5) is 52.0. The minimum absolute atomic E-state index is 0.104. The Balaban J connectivity index is 1.26. The fraction of sp³-hybridized carbons (Fsp3) is 0.360. The number of morpholine rings is 1. The number of amides is 4. The van der Waals surface area contributed by atoms with E-state index in [4.69, 9.17) is 56.6 Å². The van der Waals surface area contributed by atoms with Gasteiger partial charge in [0.25, 0.3) is 5.91 Å². The fourth-order valence-corrected chi connectivity index (χ4v) is 4.97. The number of rotatable bonds is 6. The highest BCUT2D eigenvalue weighted by Crippen LogP contribution is 2.35. The second-order valence-corrected chi connectivity index (χ2v) is 10.2. The Labute approximate surface area is 239 Å². The lowest BCUT2D eigenvalue weighted by atomic mass is 9.37. The summed E-state index contributed by atoms with van der Waals surface area (Å²) in [7, 11) is 35.2. The molecule has 0 bridgehead atoms. The van der Waals surface area contributed by atoms with Crippen LogP contribution < -0.4 is 10.1 Å². The third-order valence-corrected chi connectivity index (χ3v) is 7.29. The van der Waals surface area contributed by atoms with Crippen molar-refractivity contribution in [2.75, 3.05) is 0 Å². The third kappa shape index (κ3) is 4.89. The zero-order valence-electron chi connectivity index (χ0n) is 21.5. The molecule has 2 fully saturated rings. The number of ether oxygens (including phenoxy) is 2. The molecule has 188 valence electrons. The molecule has 2 saturated heterocycles. The summed E-state index contributed by atoms with van der Waals surface area (Å²) in [5, 5.41) is -4.35. The van der Waals surface area contributed by atoms with Gasteiger partial charge in [-0.15, -0.1) is 0 Å². The van der Waals surface area contributed by atoms with Gasteiger partial charge in [-0.3, -0.25) is 24.5 Å². The summed E-state index contributed by atoms with van der Waals surface area (Å²) >= 11 is 0. The van der Waals surface area contributed by atoms with Crippen molar-refractivity contribution in [3.05, 3.63) is 64.7 Å². The molecule has 0 saturated carbocycles. The van der Waals surface area contributed by atoms with Gasteiger partial charge in [0.05, 0.1) is 27.6 Å². The Morgan fingerprint density at radius 3 is 2.30 bits per heavy atom. The molecule has 2 aromatic rings. The van der Waals surface area contributed by atoms with Gasteiger partial charge in [-0.1, -0.05) is 30.3 Å². The standard InChI is InChI=1S/C25H19B6N3O6/c26-23(27)22(38)34(24(28,29)25(30,31)40-23)10-13-4-6-14(7-5-13)12-39-18-3-1-2-15-16(18)11-33(21(15)37)17-8-9-19(35)32-20(17)36/h1-7,17H,8-12H2,(H,32,35,36). The number of hydrogen-bond acceptors (Lipinski definition) is 6. The molecule has 5 rings (SSSR count). The predicted molar refractivity (Wildman–Crippen MR) is 148 cm³/mol. The Morgan fingerprint density at radius 1 is 0.950 bits per heavy atom. The van der Waals surface area contributed by atoms with Gasteiger partial charge >= 0.3 is 0 Å². The van der Waals surface area contributed by atoms with Gasteiger partial charge in [0.2, 0.25) is 17.7 Å². The van der Waals surface area contributed by atoms with Crippen molar-refractivity contribution in [1.29, 1.82) is 0 Å². The topological polar surface area (TPSA) is 105 Å². The number of benzene rings is 2. The van der Waals surface area contributed by atoms with E-state index >= 15 is 0 Å². The molecule has 0 aromatic heterocycles. The average molecular weight is 522 g/mol. The van der Waals surface area contributed by atoms with Crippen LogP contribution in [0.3, 0.4) is 0 Å². The molecular formula is C25H19B6N3O6. The molecule has 15 heteroatoms. The quantitative estimate of drug-likeness (QED) is 0.361. The van der Waals surface area contributed by atoms with E-state index in [0.717, 1.165) is 10.5 Å². The number of imide groups is 1. The highest BCUT2D eigenvalue weighted by molar-refractivity contribution is 6.58. The van der Waals surface area contributed by atoms with E-state index in [1.807, 2.05) is 0 Å². The van der Waals surface area contributed by atoms with E-state index in [0.29, 0.717) is 22.4 Å². The number of fused-ring (bicyclic) bond motifs is 1. The predicted octanol–water partition coefficient (Wildman–Crippen LogP) is -1.64. The molecule has 0 aliphatic carbocycles. The second kappa shape index (κ2) is 9.94. The van der Waals surface area contributed by atoms with Crippen LogP contribution >= 0.6 is 0 Å². The highest BCUT2D eigenvalue weighted by Gasteiger charge is 2.53. The Kier molecular flexibility index (Phi) is 7.01. The van der Waals surface area contributed by atoms with Crippen LogP contribution in [0, 0.1) is 0 Å². The molecule has 1 atom stereocenters. The molecular weight excluding hydrogens is 503 g/mol. The van der Waals surface area contributed by atoms with Gasteiger partial charge in [-0.2, -0.15) is 0 Å². The maximum Gasteiger partial charge on any atom is 0.255 e. The van der Waals surface area contributed by atoms with Crippen LogP contribution in [0.25, 0.3) is 0 Å². The molecule has 4 amide bonds. The highest BCUT2D eigenvalue weighted by atomic mass is 16.5. The van der Waals surface area contributed by atoms with Crippen molar-refractivity contribution in [2.24, 2.45) is 0 Å². The minimum atomic E-state index is -2.31. The minimum Gasteiger partial charge on any atom is -0.489 e. The normalized spacial score (nSPS) is 23.1. The van der Waals surface area contributed by atoms with E-state index in [9.17, 15) is 19.2 Å². The zero-order chi connectivity index (χ0) is 29.0. The van der Waals surface area contributed by atoms with Crippen LogP contribution in [0.15, 0.2) is 42.5 Å². The molecule has 1 N–H and O–H groups in total. The number of piperidine rings is 1. The Bertz CT molecular complexity index is 1400. The summed E-state index contributed by atoms with van der Waals surface area (Å²) in [6.45, 7) is 0.255. The molecule has 0 spiro atoms. The third-order valence-electron chi connectivity index (χ3n) is 7.29. The lowest BCUT2D eigenvalue weighted by Gasteiger charge is -2.60. The SMILES string of the molecule is [B]C1([B])OC([B])([B])C([B])([B])N(Cc2ccc(COc3cccc4c3CN(C3CCC(=O)NC3=O)C4=O)cc2)C1=O. The summed E-state index contributed by atoms with van der Waals surface area (Å²) in [5.41, 5.74) is 2.52. The Morgan fingerprint density at radius 2 is 1.62 bits per heavy atom. The van der Waals surface area contributed by atoms with Crippen molar-refractivity contribution in [2.45, 2.75) is 54.7 Å². The van der Waals surface area contributed by atoms with Gasteiger partial charge in [0.1, 0.15) is 49.8 Å². The smallest absolute Gasteiger partial charge is 0.255 e. The van der Waals surface area contributed by atoms with Crippen LogP contribution in [-0.4, -0.2) is 103 Å². The molecule has 40 heavy (non-hydrogen) atoms. The maximum absolute atomic E-state index is 13.0. The number of nitrogens with one attached hydrogen (secondary N) is 1. The van der Waals surface area contributed by atoms with Crippen LogP contribution in [0.1, 0.15) is 39.9 Å². The zero-order valence-corrected chi connectivity index (χ0v) is 21.5. The molecule has 2 aromatic carbocycles. The molecule has 3 aliphatic rings. The molecule has 3 heterocycles. The average Bonchev–Trinajstić information content (AvgIpc) is 3.21. The molecule has 9 nitrogen and oxygen atoms in total. The number of carbonyl (C=O) groups is 4. The van der Waals surface area contributed by atoms with Gasteiger partial charge in [0.15, 0.2) is 0 Å². The maximum atomic E-state index is 13.0. The van der Waals surface area contributed by atoms with Crippen molar-refractivity contribution < 1.29 is 28.7 Å². The van der Waals surface area contributed by atoms with Crippen LogP contribution in [0.4, 0.5) is 0 Å². The van der Waals surface area contributed by atoms with Crippen molar-refractivity contribution >= 4 is 70.7 Å². The lowest BCUT2D eigenvalue weighted by Crippen LogP contribution is -2.78. The fourth-order valence-electron chi connectivity index (χ4n) is 4.97. The Hall–Kier alpha value is -3.33. The molecule has 3 aliphatic heterocycles. The first-order valence-corrected chi connectivity index (χ1v) is 12.4. The van der Waals surface area contributed by atoms with E-state index in [1.54, 1.807) is 42.5 Å². The first-order chi connectivity index (χ1) is 18.7. The molecule has 12 radical (unpaired) electrons. The van der Waals surface area contributed by atoms with Gasteiger partial charge in [-0.25, -0.2) is 0 Å². The monoisotopic (exact) mass is 523 g/mol. The second-order valence-electron chi connectivity index (χ2n) is 10.2. The van der Waals surface area contributed by atoms with E-state index in [1.165, 1.54) is 4.90 Å². The summed E-state index contributed by atoms with van der Waals surface area (Å²) < 4.78 is 11.1. The number of carbonyl (C=O) groups excluding carboxylic acids is 4. The summed E-state index contributed by atoms with van der Waals surface area (Å²) in [6.07, 6.45) is 0.444. The van der Waals surface area contributed by atoms with Crippen LogP contribution in [-0.2, 0) is 38.8 Å². The first kappa shape index (κ1) is 28.2. The molecule has 1 unspecified atom stereocenters. The van der Waals surface area contributed by atoms with E-state index < -0.39 is 34.0 Å². The lowest BCUT2D eigenvalue weighted by molar-refractivity contribution is -0.164. The van der Waals surface area contributed by atoms with Crippen molar-refractivity contribution in [3.8, 4) is 5.75 Å². The van der Waals surface area contributed by atoms with Crippen LogP contribution in [0.2, 0.25) is 0 Å². The van der Waals surface area contributed by atoms with E-state index in [2.05, 4.69) is 5.32 Å². The van der Waals surface area contributed by atoms with Gasteiger partial charge < -0.3 is 19.3 Å². The van der Waals surface area contributed by atoms with Gasteiger partial charge in [0, 0.05) is 24.1 Å². The largest absolute Gasteiger partial charge is 0.489 e. The summed E-state index contributed by atoms with van der Waals surface area (Å²) in [6, 6.07) is 11.4.